The molecule has 1 aromatic rings. The van der Waals surface area contributed by atoms with Crippen LogP contribution in [0.5, 0.6) is 0 Å². The fourth-order valence-electron chi connectivity index (χ4n) is 4.62. The SMILES string of the molecule is CCC[C@@H]1CC[C@H]2C[C@H](OC(=O)c3ccc(C#N)cc3)CC[C@@H]2C1. The first-order valence-electron chi connectivity index (χ1n) is 9.40. The molecule has 0 aliphatic heterocycles. The van der Waals surface area contributed by atoms with Gasteiger partial charge in [0, 0.05) is 0 Å². The topological polar surface area (TPSA) is 50.1 Å². The summed E-state index contributed by atoms with van der Waals surface area (Å²) in [6, 6.07) is 8.77. The van der Waals surface area contributed by atoms with Gasteiger partial charge in [0.15, 0.2) is 0 Å². The molecule has 3 heteroatoms. The van der Waals surface area contributed by atoms with Gasteiger partial charge in [-0.2, -0.15) is 5.26 Å². The average molecular weight is 325 g/mol. The summed E-state index contributed by atoms with van der Waals surface area (Å²) >= 11 is 0. The molecule has 2 saturated carbocycles. The molecule has 2 fully saturated rings. The lowest BCUT2D eigenvalue weighted by Crippen LogP contribution is -2.35. The predicted octanol–water partition coefficient (Wildman–Crippen LogP) is 5.10. The van der Waals surface area contributed by atoms with Crippen LogP contribution in [0.4, 0.5) is 0 Å². The van der Waals surface area contributed by atoms with Crippen molar-refractivity contribution in [2.24, 2.45) is 17.8 Å². The van der Waals surface area contributed by atoms with Gasteiger partial charge in [0.05, 0.1) is 17.2 Å². The number of benzene rings is 1. The Kier molecular flexibility index (Phi) is 5.56. The van der Waals surface area contributed by atoms with Crippen LogP contribution in [-0.4, -0.2) is 12.1 Å². The van der Waals surface area contributed by atoms with Gasteiger partial charge < -0.3 is 4.74 Å². The second-order valence-electron chi connectivity index (χ2n) is 7.52. The molecule has 1 aromatic carbocycles. The largest absolute Gasteiger partial charge is 0.459 e. The molecule has 2 aliphatic carbocycles. The lowest BCUT2D eigenvalue weighted by atomic mass is 9.66. The molecule has 0 unspecified atom stereocenters. The van der Waals surface area contributed by atoms with E-state index in [1.54, 1.807) is 24.3 Å². The highest BCUT2D eigenvalue weighted by molar-refractivity contribution is 5.89. The summed E-state index contributed by atoms with van der Waals surface area (Å²) in [5.74, 6) is 2.27. The van der Waals surface area contributed by atoms with Crippen molar-refractivity contribution in [1.29, 1.82) is 5.26 Å². The molecule has 0 heterocycles. The highest BCUT2D eigenvalue weighted by atomic mass is 16.5. The second-order valence-corrected chi connectivity index (χ2v) is 7.52. The second kappa shape index (κ2) is 7.83. The molecule has 0 saturated heterocycles. The Bertz CT molecular complexity index is 601. The summed E-state index contributed by atoms with van der Waals surface area (Å²) in [4.78, 5) is 12.3. The van der Waals surface area contributed by atoms with E-state index < -0.39 is 0 Å². The lowest BCUT2D eigenvalue weighted by molar-refractivity contribution is -0.00620. The van der Waals surface area contributed by atoms with E-state index in [4.69, 9.17) is 10.00 Å². The molecule has 0 spiro atoms. The summed E-state index contributed by atoms with van der Waals surface area (Å²) in [5.41, 5.74) is 1.11. The van der Waals surface area contributed by atoms with Gasteiger partial charge in [-0.3, -0.25) is 0 Å². The Hall–Kier alpha value is -1.82. The zero-order valence-electron chi connectivity index (χ0n) is 14.5. The fraction of sp³-hybridized carbons (Fsp3) is 0.619. The van der Waals surface area contributed by atoms with Crippen molar-refractivity contribution in [1.82, 2.24) is 0 Å². The number of hydrogen-bond donors (Lipinski definition) is 0. The van der Waals surface area contributed by atoms with E-state index >= 15 is 0 Å². The van der Waals surface area contributed by atoms with Crippen molar-refractivity contribution in [2.75, 3.05) is 0 Å². The Balaban J connectivity index is 1.52. The van der Waals surface area contributed by atoms with Gasteiger partial charge >= 0.3 is 5.97 Å². The van der Waals surface area contributed by atoms with Crippen molar-refractivity contribution >= 4 is 5.97 Å². The summed E-state index contributed by atoms with van der Waals surface area (Å²) < 4.78 is 5.75. The average Bonchev–Trinajstić information content (AvgIpc) is 2.62. The van der Waals surface area contributed by atoms with Crippen LogP contribution in [0, 0.1) is 29.1 Å². The quantitative estimate of drug-likeness (QED) is 0.724. The molecule has 0 aromatic heterocycles. The highest BCUT2D eigenvalue weighted by Gasteiger charge is 2.36. The molecule has 0 bridgehead atoms. The Morgan fingerprint density at radius 2 is 1.83 bits per heavy atom. The maximum Gasteiger partial charge on any atom is 0.338 e. The van der Waals surface area contributed by atoms with Gasteiger partial charge in [-0.05, 0) is 74.1 Å². The van der Waals surface area contributed by atoms with Gasteiger partial charge in [0.1, 0.15) is 6.10 Å². The third-order valence-electron chi connectivity index (χ3n) is 5.89. The van der Waals surface area contributed by atoms with Crippen molar-refractivity contribution in [2.45, 2.75) is 64.4 Å². The van der Waals surface area contributed by atoms with Crippen LogP contribution in [0.3, 0.4) is 0 Å². The van der Waals surface area contributed by atoms with E-state index in [-0.39, 0.29) is 12.1 Å². The number of nitriles is 1. The first kappa shape index (κ1) is 17.0. The van der Waals surface area contributed by atoms with Crippen LogP contribution < -0.4 is 0 Å². The predicted molar refractivity (Wildman–Crippen MR) is 93.4 cm³/mol. The van der Waals surface area contributed by atoms with Gasteiger partial charge in [0.25, 0.3) is 0 Å². The minimum atomic E-state index is -0.248. The fourth-order valence-corrected chi connectivity index (χ4v) is 4.62. The third kappa shape index (κ3) is 3.98. The number of esters is 1. The van der Waals surface area contributed by atoms with Gasteiger partial charge in [-0.1, -0.05) is 26.2 Å². The minimum Gasteiger partial charge on any atom is -0.459 e. The highest BCUT2D eigenvalue weighted by Crippen LogP contribution is 2.44. The zero-order valence-corrected chi connectivity index (χ0v) is 14.5. The van der Waals surface area contributed by atoms with Crippen molar-refractivity contribution in [3.05, 3.63) is 35.4 Å². The summed E-state index contributed by atoms with van der Waals surface area (Å²) in [6.45, 7) is 2.28. The molecule has 0 radical (unpaired) electrons. The monoisotopic (exact) mass is 325 g/mol. The van der Waals surface area contributed by atoms with Crippen LogP contribution in [0.15, 0.2) is 24.3 Å². The van der Waals surface area contributed by atoms with E-state index in [0.29, 0.717) is 11.1 Å². The number of carbonyl (C=O) groups is 1. The van der Waals surface area contributed by atoms with E-state index in [9.17, 15) is 4.79 Å². The van der Waals surface area contributed by atoms with Gasteiger partial charge in [-0.25, -0.2) is 4.79 Å². The maximum atomic E-state index is 12.3. The van der Waals surface area contributed by atoms with E-state index in [1.807, 2.05) is 0 Å². The summed E-state index contributed by atoms with van der Waals surface area (Å²) in [6.07, 6.45) is 10.0. The molecule has 128 valence electrons. The Labute approximate surface area is 145 Å². The van der Waals surface area contributed by atoms with Crippen molar-refractivity contribution in [3.8, 4) is 6.07 Å². The summed E-state index contributed by atoms with van der Waals surface area (Å²) in [5, 5.41) is 8.82. The Morgan fingerprint density at radius 3 is 2.54 bits per heavy atom. The number of rotatable bonds is 4. The molecular weight excluding hydrogens is 298 g/mol. The van der Waals surface area contributed by atoms with Crippen LogP contribution in [0.1, 0.15) is 74.2 Å². The molecule has 0 N–H and O–H groups in total. The van der Waals surface area contributed by atoms with E-state index in [1.165, 1.54) is 38.5 Å². The number of hydrogen-bond acceptors (Lipinski definition) is 3. The molecule has 24 heavy (non-hydrogen) atoms. The molecule has 0 amide bonds. The third-order valence-corrected chi connectivity index (χ3v) is 5.89. The van der Waals surface area contributed by atoms with Crippen LogP contribution in [-0.2, 0) is 4.74 Å². The zero-order chi connectivity index (χ0) is 16.9. The first-order valence-corrected chi connectivity index (χ1v) is 9.40. The maximum absolute atomic E-state index is 12.3. The van der Waals surface area contributed by atoms with Gasteiger partial charge in [0.2, 0.25) is 0 Å². The van der Waals surface area contributed by atoms with Crippen molar-refractivity contribution in [3.63, 3.8) is 0 Å². The molecule has 4 atom stereocenters. The van der Waals surface area contributed by atoms with Crippen LogP contribution >= 0.6 is 0 Å². The Morgan fingerprint density at radius 1 is 1.12 bits per heavy atom. The van der Waals surface area contributed by atoms with Crippen LogP contribution in [0.2, 0.25) is 0 Å². The minimum absolute atomic E-state index is 0.0668. The normalized spacial score (nSPS) is 29.3. The lowest BCUT2D eigenvalue weighted by Gasteiger charge is -2.41. The first-order chi connectivity index (χ1) is 11.7. The number of ether oxygens (including phenoxy) is 1. The molecule has 3 rings (SSSR count). The molecule has 2 aliphatic rings. The number of nitrogens with zero attached hydrogens (tertiary/aromatic N) is 1. The van der Waals surface area contributed by atoms with Crippen LogP contribution in [0.25, 0.3) is 0 Å². The number of carbonyl (C=O) groups excluding carboxylic acids is 1. The number of fused-ring (bicyclic) bond motifs is 1. The van der Waals surface area contributed by atoms with E-state index in [2.05, 4.69) is 13.0 Å². The smallest absolute Gasteiger partial charge is 0.338 e. The molecular formula is C21H27NO2. The van der Waals surface area contributed by atoms with Gasteiger partial charge in [-0.15, -0.1) is 0 Å². The molecule has 3 nitrogen and oxygen atoms in total. The summed E-state index contributed by atoms with van der Waals surface area (Å²) in [7, 11) is 0. The van der Waals surface area contributed by atoms with Crippen molar-refractivity contribution < 1.29 is 9.53 Å². The standard InChI is InChI=1S/C21H27NO2/c1-2-3-15-4-9-19-13-20(11-10-18(19)12-15)24-21(23)17-7-5-16(14-22)6-8-17/h5-8,15,18-20H,2-4,9-13H2,1H3/t15-,18-,19+,20-/m1/s1. The van der Waals surface area contributed by atoms with E-state index in [0.717, 1.165) is 30.6 Å².